The van der Waals surface area contributed by atoms with Gasteiger partial charge in [-0.05, 0) is 37.6 Å². The van der Waals surface area contributed by atoms with E-state index in [2.05, 4.69) is 10.3 Å². The van der Waals surface area contributed by atoms with Crippen molar-refractivity contribution in [2.45, 2.75) is 32.9 Å². The van der Waals surface area contributed by atoms with Crippen LogP contribution in [-0.4, -0.2) is 55.6 Å². The number of halogens is 2. The van der Waals surface area contributed by atoms with E-state index in [1.54, 1.807) is 39.2 Å². The summed E-state index contributed by atoms with van der Waals surface area (Å²) in [6.07, 6.45) is -3.21. The van der Waals surface area contributed by atoms with Crippen molar-refractivity contribution in [2.75, 3.05) is 32.6 Å². The number of carbonyl (C=O) groups excluding carboxylic acids is 1. The van der Waals surface area contributed by atoms with Crippen LogP contribution in [0.25, 0.3) is 0 Å². The molecule has 30 heavy (non-hydrogen) atoms. The standard InChI is InChI=1S/C21H27F2N3O4/c1-5-28-17-11-15(9-10-16(17)30-14(2)21(27)26(3)4)12-24-19-7-6-8-20(25-19)29-13-18(22)23/h6-11,14,18H,5,12-13H2,1-4H3,(H,24,25)/t14-/m1/s1. The van der Waals surface area contributed by atoms with E-state index in [1.807, 2.05) is 19.1 Å². The van der Waals surface area contributed by atoms with Gasteiger partial charge in [0.1, 0.15) is 5.82 Å². The number of nitrogens with one attached hydrogen (secondary N) is 1. The third kappa shape index (κ3) is 7.06. The summed E-state index contributed by atoms with van der Waals surface area (Å²) in [5.74, 6) is 1.47. The van der Waals surface area contributed by atoms with Crippen LogP contribution in [0, 0.1) is 0 Å². The van der Waals surface area contributed by atoms with E-state index < -0.39 is 19.1 Å². The van der Waals surface area contributed by atoms with E-state index in [1.165, 1.54) is 11.0 Å². The van der Waals surface area contributed by atoms with Gasteiger partial charge in [0.25, 0.3) is 12.3 Å². The molecule has 0 aliphatic rings. The Morgan fingerprint density at radius 2 is 1.93 bits per heavy atom. The second kappa shape index (κ2) is 11.2. The van der Waals surface area contributed by atoms with Crippen LogP contribution in [0.4, 0.5) is 14.6 Å². The van der Waals surface area contributed by atoms with Crippen molar-refractivity contribution in [1.29, 1.82) is 0 Å². The monoisotopic (exact) mass is 423 g/mol. The SMILES string of the molecule is CCOc1cc(CNc2cccc(OCC(F)F)n2)ccc1O[C@H](C)C(=O)N(C)C. The summed E-state index contributed by atoms with van der Waals surface area (Å²) < 4.78 is 40.9. The number of aromatic nitrogens is 1. The van der Waals surface area contributed by atoms with Gasteiger partial charge in [-0.2, -0.15) is 4.98 Å². The van der Waals surface area contributed by atoms with Crippen molar-refractivity contribution in [1.82, 2.24) is 9.88 Å². The smallest absolute Gasteiger partial charge is 0.272 e. The highest BCUT2D eigenvalue weighted by Gasteiger charge is 2.18. The largest absolute Gasteiger partial charge is 0.490 e. The molecule has 7 nitrogen and oxygen atoms in total. The maximum Gasteiger partial charge on any atom is 0.272 e. The van der Waals surface area contributed by atoms with Crippen molar-refractivity contribution in [3.05, 3.63) is 42.0 Å². The lowest BCUT2D eigenvalue weighted by Gasteiger charge is -2.20. The minimum atomic E-state index is -2.56. The molecule has 0 bridgehead atoms. The van der Waals surface area contributed by atoms with Gasteiger partial charge in [-0.25, -0.2) is 8.78 Å². The van der Waals surface area contributed by atoms with Crippen LogP contribution in [0.2, 0.25) is 0 Å². The van der Waals surface area contributed by atoms with Crippen molar-refractivity contribution in [3.63, 3.8) is 0 Å². The van der Waals surface area contributed by atoms with Crippen molar-refractivity contribution in [2.24, 2.45) is 0 Å². The van der Waals surface area contributed by atoms with Crippen LogP contribution < -0.4 is 19.5 Å². The summed E-state index contributed by atoms with van der Waals surface area (Å²) in [6, 6.07) is 10.3. The fourth-order valence-corrected chi connectivity index (χ4v) is 2.57. The molecule has 0 fully saturated rings. The number of rotatable bonds is 11. The number of nitrogens with zero attached hydrogens (tertiary/aromatic N) is 2. The highest BCUT2D eigenvalue weighted by atomic mass is 19.3. The summed E-state index contributed by atoms with van der Waals surface area (Å²) in [6.45, 7) is 3.69. The minimum Gasteiger partial charge on any atom is -0.490 e. The Kier molecular flexibility index (Phi) is 8.64. The van der Waals surface area contributed by atoms with Gasteiger partial charge in [-0.1, -0.05) is 12.1 Å². The van der Waals surface area contributed by atoms with Crippen LogP contribution in [-0.2, 0) is 11.3 Å². The molecule has 1 amide bonds. The van der Waals surface area contributed by atoms with Crippen molar-refractivity contribution in [3.8, 4) is 17.4 Å². The first-order valence-corrected chi connectivity index (χ1v) is 9.55. The molecule has 0 radical (unpaired) electrons. The molecule has 0 unspecified atom stereocenters. The highest BCUT2D eigenvalue weighted by Crippen LogP contribution is 2.30. The number of carbonyl (C=O) groups is 1. The number of hydrogen-bond donors (Lipinski definition) is 1. The highest BCUT2D eigenvalue weighted by molar-refractivity contribution is 5.80. The van der Waals surface area contributed by atoms with E-state index >= 15 is 0 Å². The first-order valence-electron chi connectivity index (χ1n) is 9.55. The zero-order valence-corrected chi connectivity index (χ0v) is 17.5. The molecule has 1 atom stereocenters. The predicted octanol–water partition coefficient (Wildman–Crippen LogP) is 3.59. The van der Waals surface area contributed by atoms with E-state index in [-0.39, 0.29) is 11.8 Å². The molecule has 0 saturated heterocycles. The van der Waals surface area contributed by atoms with Gasteiger partial charge < -0.3 is 24.4 Å². The van der Waals surface area contributed by atoms with E-state index in [9.17, 15) is 13.6 Å². The molecule has 1 heterocycles. The number of anilines is 1. The molecule has 1 aromatic carbocycles. The zero-order chi connectivity index (χ0) is 22.1. The first kappa shape index (κ1) is 23.2. The third-order valence-electron chi connectivity index (χ3n) is 3.95. The molecule has 2 rings (SSSR count). The van der Waals surface area contributed by atoms with Gasteiger partial charge in [-0.15, -0.1) is 0 Å². The van der Waals surface area contributed by atoms with Gasteiger partial charge in [0.05, 0.1) is 6.61 Å². The fraction of sp³-hybridized carbons (Fsp3) is 0.429. The summed E-state index contributed by atoms with van der Waals surface area (Å²) in [5.41, 5.74) is 0.887. The van der Waals surface area contributed by atoms with E-state index in [0.717, 1.165) is 5.56 Å². The number of pyridine rings is 1. The Morgan fingerprint density at radius 3 is 2.60 bits per heavy atom. The van der Waals surface area contributed by atoms with Crippen LogP contribution in [0.15, 0.2) is 36.4 Å². The normalized spacial score (nSPS) is 11.7. The van der Waals surface area contributed by atoms with Crippen LogP contribution >= 0.6 is 0 Å². The molecule has 164 valence electrons. The van der Waals surface area contributed by atoms with Crippen molar-refractivity contribution < 1.29 is 27.8 Å². The number of amides is 1. The molecular formula is C21H27F2N3O4. The van der Waals surface area contributed by atoms with Gasteiger partial charge in [0.15, 0.2) is 24.2 Å². The second-order valence-corrected chi connectivity index (χ2v) is 6.62. The van der Waals surface area contributed by atoms with Gasteiger partial charge >= 0.3 is 0 Å². The Hall–Kier alpha value is -3.10. The Morgan fingerprint density at radius 1 is 1.17 bits per heavy atom. The van der Waals surface area contributed by atoms with Crippen molar-refractivity contribution >= 4 is 11.7 Å². The van der Waals surface area contributed by atoms with Gasteiger partial charge in [0.2, 0.25) is 5.88 Å². The molecule has 2 aromatic rings. The van der Waals surface area contributed by atoms with E-state index in [4.69, 9.17) is 14.2 Å². The van der Waals surface area contributed by atoms with Crippen LogP contribution in [0.1, 0.15) is 19.4 Å². The summed E-state index contributed by atoms with van der Waals surface area (Å²) in [7, 11) is 3.34. The number of benzene rings is 1. The van der Waals surface area contributed by atoms with Crippen LogP contribution in [0.3, 0.4) is 0 Å². The summed E-state index contributed by atoms with van der Waals surface area (Å²) in [4.78, 5) is 17.7. The Bertz CT molecular complexity index is 834. The topological polar surface area (TPSA) is 72.9 Å². The Balaban J connectivity index is 2.05. The molecule has 1 aromatic heterocycles. The average molecular weight is 423 g/mol. The molecular weight excluding hydrogens is 396 g/mol. The maximum atomic E-state index is 12.3. The number of likely N-dealkylation sites (N-methyl/N-ethyl adjacent to an activating group) is 1. The summed E-state index contributed by atoms with van der Waals surface area (Å²) in [5, 5.41) is 3.12. The second-order valence-electron chi connectivity index (χ2n) is 6.62. The lowest BCUT2D eigenvalue weighted by molar-refractivity contribution is -0.135. The summed E-state index contributed by atoms with van der Waals surface area (Å²) >= 11 is 0. The van der Waals surface area contributed by atoms with Gasteiger partial charge in [-0.3, -0.25) is 4.79 Å². The minimum absolute atomic E-state index is 0.124. The number of hydrogen-bond acceptors (Lipinski definition) is 6. The fourth-order valence-electron chi connectivity index (χ4n) is 2.57. The molecule has 1 N–H and O–H groups in total. The third-order valence-corrected chi connectivity index (χ3v) is 3.95. The lowest BCUT2D eigenvalue weighted by atomic mass is 10.2. The molecule has 0 aliphatic carbocycles. The quantitative estimate of drug-likeness (QED) is 0.596. The first-order chi connectivity index (χ1) is 14.3. The predicted molar refractivity (Wildman–Crippen MR) is 109 cm³/mol. The molecule has 0 saturated carbocycles. The molecule has 9 heteroatoms. The number of ether oxygens (including phenoxy) is 3. The molecule has 0 spiro atoms. The number of alkyl halides is 2. The van der Waals surface area contributed by atoms with Crippen LogP contribution in [0.5, 0.6) is 17.4 Å². The lowest BCUT2D eigenvalue weighted by Crippen LogP contribution is -2.35. The average Bonchev–Trinajstić information content (AvgIpc) is 2.72. The zero-order valence-electron chi connectivity index (χ0n) is 17.5. The Labute approximate surface area is 175 Å². The van der Waals surface area contributed by atoms with E-state index in [0.29, 0.717) is 30.5 Å². The van der Waals surface area contributed by atoms with Gasteiger partial charge in [0, 0.05) is 26.7 Å². The maximum absolute atomic E-state index is 12.3. The molecule has 0 aliphatic heterocycles.